The average Bonchev–Trinajstić information content (AvgIpc) is 2.39. The smallest absolute Gasteiger partial charge is 0.245 e. The van der Waals surface area contributed by atoms with Crippen molar-refractivity contribution in [3.63, 3.8) is 0 Å². The summed E-state index contributed by atoms with van der Waals surface area (Å²) >= 11 is 0. The van der Waals surface area contributed by atoms with E-state index in [2.05, 4.69) is 0 Å². The van der Waals surface area contributed by atoms with Crippen molar-refractivity contribution in [2.45, 2.75) is 32.6 Å². The Morgan fingerprint density at radius 1 is 1.25 bits per heavy atom. The maximum Gasteiger partial charge on any atom is 0.245 e. The molecule has 0 amide bonds. The molecule has 0 aliphatic heterocycles. The van der Waals surface area contributed by atoms with Gasteiger partial charge in [0, 0.05) is 24.6 Å². The van der Waals surface area contributed by atoms with Crippen LogP contribution in [0.15, 0.2) is 23.1 Å². The Hall–Kier alpha value is -1.27. The summed E-state index contributed by atoms with van der Waals surface area (Å²) in [4.78, 5) is 11.5. The number of hydrogen-bond donors (Lipinski definition) is 0. The third-order valence-electron chi connectivity index (χ3n) is 3.06. The first-order chi connectivity index (χ1) is 9.25. The molecule has 0 atom stereocenters. The lowest BCUT2D eigenvalue weighted by Gasteiger charge is -2.19. The van der Waals surface area contributed by atoms with Crippen LogP contribution in [0.1, 0.15) is 38.1 Å². The molecule has 1 aromatic carbocycles. The molecule has 0 heterocycles. The lowest BCUT2D eigenvalue weighted by atomic mass is 10.0. The Labute approximate surface area is 119 Å². The van der Waals surface area contributed by atoms with E-state index in [9.17, 15) is 17.6 Å². The summed E-state index contributed by atoms with van der Waals surface area (Å²) in [5.41, 5.74) is 0.215. The zero-order chi connectivity index (χ0) is 15.5. The van der Waals surface area contributed by atoms with E-state index in [4.69, 9.17) is 0 Å². The van der Waals surface area contributed by atoms with Crippen molar-refractivity contribution in [3.05, 3.63) is 29.6 Å². The number of halogens is 1. The SMILES string of the molecule is CCN(CC)S(=O)(=O)c1cc(C(=O)C(C)C)ccc1F. The van der Waals surface area contributed by atoms with E-state index in [-0.39, 0.29) is 30.4 Å². The van der Waals surface area contributed by atoms with Gasteiger partial charge in [-0.05, 0) is 18.2 Å². The van der Waals surface area contributed by atoms with Gasteiger partial charge in [-0.25, -0.2) is 12.8 Å². The van der Waals surface area contributed by atoms with Crippen LogP contribution in [0.2, 0.25) is 0 Å². The van der Waals surface area contributed by atoms with Gasteiger partial charge in [-0.2, -0.15) is 4.31 Å². The molecule has 20 heavy (non-hydrogen) atoms. The third-order valence-corrected chi connectivity index (χ3v) is 5.13. The maximum atomic E-state index is 13.8. The second kappa shape index (κ2) is 6.45. The Bertz CT molecular complexity index is 592. The highest BCUT2D eigenvalue weighted by molar-refractivity contribution is 7.89. The molecule has 0 aromatic heterocycles. The van der Waals surface area contributed by atoms with Gasteiger partial charge in [-0.15, -0.1) is 0 Å². The largest absolute Gasteiger partial charge is 0.294 e. The third kappa shape index (κ3) is 3.24. The molecule has 0 aliphatic rings. The van der Waals surface area contributed by atoms with E-state index >= 15 is 0 Å². The van der Waals surface area contributed by atoms with Crippen LogP contribution in [0.3, 0.4) is 0 Å². The van der Waals surface area contributed by atoms with Crippen LogP contribution >= 0.6 is 0 Å². The highest BCUT2D eigenvalue weighted by Crippen LogP contribution is 2.22. The van der Waals surface area contributed by atoms with Gasteiger partial charge in [0.2, 0.25) is 10.0 Å². The number of nitrogens with zero attached hydrogens (tertiary/aromatic N) is 1. The van der Waals surface area contributed by atoms with Gasteiger partial charge in [-0.3, -0.25) is 4.79 Å². The van der Waals surface area contributed by atoms with E-state index in [1.54, 1.807) is 27.7 Å². The fraction of sp³-hybridized carbons (Fsp3) is 0.500. The first kappa shape index (κ1) is 16.8. The molecule has 0 unspecified atom stereocenters. The predicted octanol–water partition coefficient (Wildman–Crippen LogP) is 2.69. The van der Waals surface area contributed by atoms with Crippen LogP contribution in [-0.2, 0) is 10.0 Å². The number of hydrogen-bond acceptors (Lipinski definition) is 3. The second-order valence-electron chi connectivity index (χ2n) is 4.75. The summed E-state index contributed by atoms with van der Waals surface area (Å²) in [6.07, 6.45) is 0. The molecule has 0 bridgehead atoms. The molecule has 0 radical (unpaired) electrons. The minimum atomic E-state index is -3.91. The molecule has 1 aromatic rings. The highest BCUT2D eigenvalue weighted by Gasteiger charge is 2.26. The first-order valence-corrected chi connectivity index (χ1v) is 8.03. The highest BCUT2D eigenvalue weighted by atomic mass is 32.2. The molecule has 0 aliphatic carbocycles. The number of benzene rings is 1. The Kier molecular flexibility index (Phi) is 5.42. The standard InChI is InChI=1S/C14H20FNO3S/c1-5-16(6-2)20(18,19)13-9-11(7-8-12(13)15)14(17)10(3)4/h7-10H,5-6H2,1-4H3. The molecule has 0 fully saturated rings. The van der Waals surface area contributed by atoms with Gasteiger partial charge in [0.1, 0.15) is 10.7 Å². The zero-order valence-corrected chi connectivity index (χ0v) is 13.0. The topological polar surface area (TPSA) is 54.5 Å². The van der Waals surface area contributed by atoms with Crippen LogP contribution < -0.4 is 0 Å². The Morgan fingerprint density at radius 2 is 1.80 bits per heavy atom. The van der Waals surface area contributed by atoms with E-state index in [0.717, 1.165) is 16.4 Å². The van der Waals surface area contributed by atoms with Crippen LogP contribution in [0.4, 0.5) is 4.39 Å². The molecular formula is C14H20FNO3S. The Balaban J connectivity index is 3.38. The minimum absolute atomic E-state index is 0.207. The first-order valence-electron chi connectivity index (χ1n) is 6.59. The molecule has 0 saturated carbocycles. The summed E-state index contributed by atoms with van der Waals surface area (Å²) in [5, 5.41) is 0. The van der Waals surface area contributed by atoms with Gasteiger partial charge in [0.15, 0.2) is 5.78 Å². The molecular weight excluding hydrogens is 281 g/mol. The van der Waals surface area contributed by atoms with Crippen molar-refractivity contribution >= 4 is 15.8 Å². The van der Waals surface area contributed by atoms with Crippen molar-refractivity contribution in [2.24, 2.45) is 5.92 Å². The summed E-state index contributed by atoms with van der Waals surface area (Å²) in [6.45, 7) is 7.29. The molecule has 0 N–H and O–H groups in total. The number of carbonyl (C=O) groups excluding carboxylic acids is 1. The summed E-state index contributed by atoms with van der Waals surface area (Å²) in [7, 11) is -3.91. The maximum absolute atomic E-state index is 13.8. The summed E-state index contributed by atoms with van der Waals surface area (Å²) in [5.74, 6) is -1.32. The van der Waals surface area contributed by atoms with Crippen molar-refractivity contribution in [2.75, 3.05) is 13.1 Å². The number of Topliss-reactive ketones (excluding diaryl/α,β-unsaturated/α-hetero) is 1. The van der Waals surface area contributed by atoms with Crippen LogP contribution in [0.25, 0.3) is 0 Å². The number of sulfonamides is 1. The normalized spacial score (nSPS) is 12.2. The quantitative estimate of drug-likeness (QED) is 0.759. The van der Waals surface area contributed by atoms with Crippen molar-refractivity contribution in [1.82, 2.24) is 4.31 Å². The van der Waals surface area contributed by atoms with Gasteiger partial charge >= 0.3 is 0 Å². The monoisotopic (exact) mass is 301 g/mol. The van der Waals surface area contributed by atoms with E-state index in [0.29, 0.717) is 0 Å². The molecule has 0 saturated heterocycles. The van der Waals surface area contributed by atoms with E-state index in [1.807, 2.05) is 0 Å². The average molecular weight is 301 g/mol. The van der Waals surface area contributed by atoms with Crippen molar-refractivity contribution in [1.29, 1.82) is 0 Å². The van der Waals surface area contributed by atoms with Crippen molar-refractivity contribution < 1.29 is 17.6 Å². The molecule has 1 rings (SSSR count). The number of ketones is 1. The zero-order valence-electron chi connectivity index (χ0n) is 12.2. The summed E-state index contributed by atoms with van der Waals surface area (Å²) < 4.78 is 39.7. The molecule has 6 heteroatoms. The molecule has 112 valence electrons. The van der Waals surface area contributed by atoms with Gasteiger partial charge in [-0.1, -0.05) is 27.7 Å². The summed E-state index contributed by atoms with van der Waals surface area (Å²) in [6, 6.07) is 3.48. The van der Waals surface area contributed by atoms with Gasteiger partial charge in [0.25, 0.3) is 0 Å². The predicted molar refractivity (Wildman–Crippen MR) is 75.7 cm³/mol. The number of rotatable bonds is 6. The lowest BCUT2D eigenvalue weighted by molar-refractivity contribution is 0.0939. The number of carbonyl (C=O) groups is 1. The Morgan fingerprint density at radius 3 is 2.25 bits per heavy atom. The molecule has 0 spiro atoms. The second-order valence-corrected chi connectivity index (χ2v) is 6.66. The fourth-order valence-electron chi connectivity index (χ4n) is 1.89. The van der Waals surface area contributed by atoms with Crippen LogP contribution in [-0.4, -0.2) is 31.6 Å². The van der Waals surface area contributed by atoms with Crippen LogP contribution in [0, 0.1) is 11.7 Å². The fourth-order valence-corrected chi connectivity index (χ4v) is 3.44. The minimum Gasteiger partial charge on any atom is -0.294 e. The van der Waals surface area contributed by atoms with Gasteiger partial charge < -0.3 is 0 Å². The lowest BCUT2D eigenvalue weighted by Crippen LogP contribution is -2.31. The van der Waals surface area contributed by atoms with Crippen molar-refractivity contribution in [3.8, 4) is 0 Å². The van der Waals surface area contributed by atoms with Crippen LogP contribution in [0.5, 0.6) is 0 Å². The van der Waals surface area contributed by atoms with E-state index < -0.39 is 20.7 Å². The van der Waals surface area contributed by atoms with Gasteiger partial charge in [0.05, 0.1) is 0 Å². The van der Waals surface area contributed by atoms with E-state index in [1.165, 1.54) is 6.07 Å². The molecule has 4 nitrogen and oxygen atoms in total.